The first-order valence-electron chi connectivity index (χ1n) is 9.15. The molecule has 5 nitrogen and oxygen atoms in total. The van der Waals surface area contributed by atoms with Gasteiger partial charge in [-0.15, -0.1) is 0 Å². The second-order valence-corrected chi connectivity index (χ2v) is 6.81. The van der Waals surface area contributed by atoms with Gasteiger partial charge in [-0.25, -0.2) is 9.18 Å². The number of nitrogens with one attached hydrogen (secondary N) is 1. The van der Waals surface area contributed by atoms with Gasteiger partial charge in [0.2, 0.25) is 0 Å². The topological polar surface area (TPSA) is 44.8 Å². The molecule has 1 N–H and O–H groups in total. The maximum Gasteiger partial charge on any atom is 0.317 e. The number of amides is 2. The zero-order chi connectivity index (χ0) is 18.1. The molecule has 6 heteroatoms. The molecule has 25 heavy (non-hydrogen) atoms. The summed E-state index contributed by atoms with van der Waals surface area (Å²) in [6, 6.07) is 6.15. The number of piperidine rings is 1. The van der Waals surface area contributed by atoms with Crippen molar-refractivity contribution >= 4 is 6.03 Å². The molecule has 0 saturated carbocycles. The van der Waals surface area contributed by atoms with Gasteiger partial charge in [0.05, 0.1) is 6.54 Å². The van der Waals surface area contributed by atoms with Gasteiger partial charge in [-0.1, -0.05) is 19.1 Å². The van der Waals surface area contributed by atoms with E-state index < -0.39 is 0 Å². The quantitative estimate of drug-likeness (QED) is 0.733. The average Bonchev–Trinajstić information content (AvgIpc) is 2.61. The molecule has 1 aliphatic heterocycles. The Hall–Kier alpha value is -1.82. The third kappa shape index (κ3) is 6.90. The Morgan fingerprint density at radius 3 is 2.80 bits per heavy atom. The summed E-state index contributed by atoms with van der Waals surface area (Å²) >= 11 is 0. The van der Waals surface area contributed by atoms with Crippen molar-refractivity contribution in [2.24, 2.45) is 5.92 Å². The molecule has 1 fully saturated rings. The summed E-state index contributed by atoms with van der Waals surface area (Å²) in [6.07, 6.45) is 3.51. The van der Waals surface area contributed by atoms with Crippen LogP contribution >= 0.6 is 0 Å². The maximum atomic E-state index is 13.4. The number of likely N-dealkylation sites (N-methyl/N-ethyl adjacent to an activating group) is 1. The van der Waals surface area contributed by atoms with E-state index in [0.29, 0.717) is 13.1 Å². The Balaban J connectivity index is 1.55. The summed E-state index contributed by atoms with van der Waals surface area (Å²) in [6.45, 7) is 7.02. The van der Waals surface area contributed by atoms with Crippen LogP contribution in [0.5, 0.6) is 5.75 Å². The highest BCUT2D eigenvalue weighted by molar-refractivity contribution is 5.73. The number of carbonyl (C=O) groups is 1. The number of hydrogen-bond acceptors (Lipinski definition) is 3. The van der Waals surface area contributed by atoms with Crippen LogP contribution in [0.3, 0.4) is 0 Å². The smallest absolute Gasteiger partial charge is 0.317 e. The van der Waals surface area contributed by atoms with E-state index in [1.165, 1.54) is 32.0 Å². The number of likely N-dealkylation sites (tertiary alicyclic amines) is 1. The number of ether oxygens (including phenoxy) is 1. The fourth-order valence-corrected chi connectivity index (χ4v) is 2.87. The summed E-state index contributed by atoms with van der Waals surface area (Å²) in [5.41, 5.74) is 0. The number of nitrogens with zero attached hydrogens (tertiary/aromatic N) is 2. The van der Waals surface area contributed by atoms with E-state index in [1.54, 1.807) is 30.1 Å². The van der Waals surface area contributed by atoms with Crippen molar-refractivity contribution in [2.75, 3.05) is 46.4 Å². The van der Waals surface area contributed by atoms with Crippen LogP contribution in [0.2, 0.25) is 0 Å². The lowest BCUT2D eigenvalue weighted by Crippen LogP contribution is -2.41. The van der Waals surface area contributed by atoms with Crippen LogP contribution in [0, 0.1) is 11.7 Å². The van der Waals surface area contributed by atoms with E-state index in [9.17, 15) is 9.18 Å². The number of hydrogen-bond donors (Lipinski definition) is 1. The van der Waals surface area contributed by atoms with E-state index in [1.807, 2.05) is 0 Å². The van der Waals surface area contributed by atoms with E-state index in [4.69, 9.17) is 4.74 Å². The third-order valence-electron chi connectivity index (χ3n) is 4.67. The van der Waals surface area contributed by atoms with Gasteiger partial charge < -0.3 is 19.9 Å². The molecule has 2 amide bonds. The molecule has 1 aromatic rings. The maximum absolute atomic E-state index is 13.4. The minimum absolute atomic E-state index is 0.121. The molecule has 140 valence electrons. The van der Waals surface area contributed by atoms with Gasteiger partial charge in [0, 0.05) is 13.6 Å². The molecule has 0 unspecified atom stereocenters. The number of rotatable bonds is 8. The Labute approximate surface area is 150 Å². The molecule has 0 spiro atoms. The van der Waals surface area contributed by atoms with Crippen molar-refractivity contribution < 1.29 is 13.9 Å². The normalized spacial score (nSPS) is 15.8. The molecule has 1 aromatic carbocycles. The van der Waals surface area contributed by atoms with Crippen molar-refractivity contribution in [3.63, 3.8) is 0 Å². The SMILES string of the molecule is CC1CCN(CCCNC(=O)N(C)CCOc2ccccc2F)CC1. The second kappa shape index (κ2) is 10.2. The van der Waals surface area contributed by atoms with Gasteiger partial charge in [-0.3, -0.25) is 0 Å². The van der Waals surface area contributed by atoms with Crippen LogP contribution in [0.4, 0.5) is 9.18 Å². The van der Waals surface area contributed by atoms with Crippen LogP contribution in [-0.4, -0.2) is 62.2 Å². The van der Waals surface area contributed by atoms with E-state index >= 15 is 0 Å². The summed E-state index contributed by atoms with van der Waals surface area (Å²) in [7, 11) is 1.71. The van der Waals surface area contributed by atoms with Crippen molar-refractivity contribution in [3.8, 4) is 5.75 Å². The summed E-state index contributed by atoms with van der Waals surface area (Å²) in [5, 5.41) is 2.92. The van der Waals surface area contributed by atoms with Gasteiger partial charge in [0.1, 0.15) is 6.61 Å². The number of benzene rings is 1. The predicted molar refractivity (Wildman–Crippen MR) is 97.4 cm³/mol. The van der Waals surface area contributed by atoms with Crippen molar-refractivity contribution in [3.05, 3.63) is 30.1 Å². The summed E-state index contributed by atoms with van der Waals surface area (Å²) in [5.74, 6) is 0.671. The molecule has 1 aliphatic rings. The third-order valence-corrected chi connectivity index (χ3v) is 4.67. The average molecular weight is 351 g/mol. The van der Waals surface area contributed by atoms with Crippen LogP contribution in [-0.2, 0) is 0 Å². The van der Waals surface area contributed by atoms with Crippen LogP contribution in [0.1, 0.15) is 26.2 Å². The largest absolute Gasteiger partial charge is 0.489 e. The molecule has 1 heterocycles. The first kappa shape index (κ1) is 19.5. The molecule has 0 atom stereocenters. The van der Waals surface area contributed by atoms with Crippen molar-refractivity contribution in [2.45, 2.75) is 26.2 Å². The lowest BCUT2D eigenvalue weighted by atomic mass is 9.99. The Bertz CT molecular complexity index is 533. The van der Waals surface area contributed by atoms with Crippen LogP contribution in [0.25, 0.3) is 0 Å². The summed E-state index contributed by atoms with van der Waals surface area (Å²) in [4.78, 5) is 16.0. The van der Waals surface area contributed by atoms with Gasteiger partial charge in [-0.2, -0.15) is 0 Å². The predicted octanol–water partition coefficient (Wildman–Crippen LogP) is 2.97. The monoisotopic (exact) mass is 351 g/mol. The number of para-hydroxylation sites is 1. The van der Waals surface area contributed by atoms with E-state index in [-0.39, 0.29) is 24.2 Å². The van der Waals surface area contributed by atoms with Gasteiger partial charge in [-0.05, 0) is 56.9 Å². The first-order chi connectivity index (χ1) is 12.1. The number of carbonyl (C=O) groups excluding carboxylic acids is 1. The van der Waals surface area contributed by atoms with Gasteiger partial charge in [0.25, 0.3) is 0 Å². The highest BCUT2D eigenvalue weighted by atomic mass is 19.1. The summed E-state index contributed by atoms with van der Waals surface area (Å²) < 4.78 is 18.8. The molecule has 0 bridgehead atoms. The van der Waals surface area contributed by atoms with E-state index in [0.717, 1.165) is 18.9 Å². The molecular weight excluding hydrogens is 321 g/mol. The van der Waals surface area contributed by atoms with Gasteiger partial charge in [0.15, 0.2) is 11.6 Å². The van der Waals surface area contributed by atoms with E-state index in [2.05, 4.69) is 17.1 Å². The van der Waals surface area contributed by atoms with Crippen molar-refractivity contribution in [1.82, 2.24) is 15.1 Å². The Kier molecular flexibility index (Phi) is 7.98. The first-order valence-corrected chi connectivity index (χ1v) is 9.15. The lowest BCUT2D eigenvalue weighted by molar-refractivity contribution is 0.184. The second-order valence-electron chi connectivity index (χ2n) is 6.81. The molecule has 2 rings (SSSR count). The minimum atomic E-state index is -0.387. The van der Waals surface area contributed by atoms with Crippen LogP contribution in [0.15, 0.2) is 24.3 Å². The van der Waals surface area contributed by atoms with Gasteiger partial charge >= 0.3 is 6.03 Å². The lowest BCUT2D eigenvalue weighted by Gasteiger charge is -2.30. The minimum Gasteiger partial charge on any atom is -0.489 e. The fraction of sp³-hybridized carbons (Fsp3) is 0.632. The standard InChI is InChI=1S/C19H30FN3O2/c1-16-8-12-23(13-9-16)11-5-10-21-19(24)22(2)14-15-25-18-7-4-3-6-17(18)20/h3-4,6-7,16H,5,8-15H2,1-2H3,(H,21,24). The van der Waals surface area contributed by atoms with Crippen LogP contribution < -0.4 is 10.1 Å². The molecule has 0 radical (unpaired) electrons. The highest BCUT2D eigenvalue weighted by Crippen LogP contribution is 2.16. The Morgan fingerprint density at radius 2 is 2.08 bits per heavy atom. The highest BCUT2D eigenvalue weighted by Gasteiger charge is 2.15. The van der Waals surface area contributed by atoms with Crippen molar-refractivity contribution in [1.29, 1.82) is 0 Å². The molecule has 0 aromatic heterocycles. The zero-order valence-corrected chi connectivity index (χ0v) is 15.3. The number of halogens is 1. The zero-order valence-electron chi connectivity index (χ0n) is 15.3. The molecular formula is C19H30FN3O2. The molecule has 0 aliphatic carbocycles. The fourth-order valence-electron chi connectivity index (χ4n) is 2.87. The molecule has 1 saturated heterocycles. The Morgan fingerprint density at radius 1 is 1.36 bits per heavy atom. The number of urea groups is 1.